The SMILES string of the molecule is CC(C)c1ccc(CCc2ncc(C(=O)O)o2)cc1. The number of carbonyl (C=O) groups is 1. The molecule has 4 heteroatoms. The first-order chi connectivity index (χ1) is 9.06. The van der Waals surface area contributed by atoms with Gasteiger partial charge >= 0.3 is 5.97 Å². The summed E-state index contributed by atoms with van der Waals surface area (Å²) in [6.07, 6.45) is 2.64. The summed E-state index contributed by atoms with van der Waals surface area (Å²) >= 11 is 0. The van der Waals surface area contributed by atoms with Crippen LogP contribution in [-0.2, 0) is 12.8 Å². The maximum Gasteiger partial charge on any atom is 0.373 e. The van der Waals surface area contributed by atoms with Gasteiger partial charge in [-0.25, -0.2) is 9.78 Å². The summed E-state index contributed by atoms with van der Waals surface area (Å²) in [6, 6.07) is 8.43. The van der Waals surface area contributed by atoms with E-state index in [-0.39, 0.29) is 5.76 Å². The Morgan fingerprint density at radius 1 is 1.26 bits per heavy atom. The zero-order chi connectivity index (χ0) is 13.8. The third kappa shape index (κ3) is 3.44. The molecule has 0 aliphatic heterocycles. The fourth-order valence-corrected chi connectivity index (χ4v) is 1.85. The Hall–Kier alpha value is -2.10. The van der Waals surface area contributed by atoms with E-state index in [1.54, 1.807) is 0 Å². The molecule has 1 aromatic heterocycles. The first kappa shape index (κ1) is 13.3. The first-order valence-electron chi connectivity index (χ1n) is 6.33. The molecule has 1 aromatic carbocycles. The average molecular weight is 259 g/mol. The van der Waals surface area contributed by atoms with Crippen molar-refractivity contribution < 1.29 is 14.3 Å². The third-order valence-electron chi connectivity index (χ3n) is 3.04. The Morgan fingerprint density at radius 3 is 2.47 bits per heavy atom. The molecule has 2 aromatic rings. The number of aromatic nitrogens is 1. The highest BCUT2D eigenvalue weighted by atomic mass is 16.4. The number of benzene rings is 1. The Balaban J connectivity index is 1.96. The largest absolute Gasteiger partial charge is 0.475 e. The van der Waals surface area contributed by atoms with Crippen molar-refractivity contribution in [1.82, 2.24) is 4.98 Å². The van der Waals surface area contributed by atoms with Gasteiger partial charge in [-0.05, 0) is 23.5 Å². The summed E-state index contributed by atoms with van der Waals surface area (Å²) in [5.74, 6) is -0.200. The van der Waals surface area contributed by atoms with Gasteiger partial charge in [0.2, 0.25) is 5.76 Å². The van der Waals surface area contributed by atoms with E-state index in [4.69, 9.17) is 9.52 Å². The molecule has 2 rings (SSSR count). The van der Waals surface area contributed by atoms with Crippen molar-refractivity contribution in [2.45, 2.75) is 32.6 Å². The number of oxazole rings is 1. The van der Waals surface area contributed by atoms with Crippen LogP contribution in [0.25, 0.3) is 0 Å². The number of rotatable bonds is 5. The van der Waals surface area contributed by atoms with Crippen molar-refractivity contribution in [1.29, 1.82) is 0 Å². The lowest BCUT2D eigenvalue weighted by Gasteiger charge is -2.06. The summed E-state index contributed by atoms with van der Waals surface area (Å²) < 4.78 is 5.12. The van der Waals surface area contributed by atoms with Crippen LogP contribution in [0.2, 0.25) is 0 Å². The lowest BCUT2D eigenvalue weighted by atomic mass is 10.0. The van der Waals surface area contributed by atoms with Crippen LogP contribution >= 0.6 is 0 Å². The number of hydrogen-bond acceptors (Lipinski definition) is 3. The van der Waals surface area contributed by atoms with Gasteiger partial charge in [-0.15, -0.1) is 0 Å². The lowest BCUT2D eigenvalue weighted by Crippen LogP contribution is -1.94. The molecular formula is C15H17NO3. The molecule has 0 fully saturated rings. The smallest absolute Gasteiger partial charge is 0.373 e. The molecule has 100 valence electrons. The van der Waals surface area contributed by atoms with Gasteiger partial charge in [-0.3, -0.25) is 0 Å². The van der Waals surface area contributed by atoms with Gasteiger partial charge in [0.1, 0.15) is 0 Å². The maximum absolute atomic E-state index is 10.7. The van der Waals surface area contributed by atoms with Gasteiger partial charge in [-0.2, -0.15) is 0 Å². The minimum atomic E-state index is -1.08. The Bertz CT molecular complexity index is 555. The number of nitrogens with zero attached hydrogens (tertiary/aromatic N) is 1. The Morgan fingerprint density at radius 2 is 1.95 bits per heavy atom. The molecule has 19 heavy (non-hydrogen) atoms. The standard InChI is InChI=1S/C15H17NO3/c1-10(2)12-6-3-11(4-7-12)5-8-14-16-9-13(19-14)15(17)18/h3-4,6-7,9-10H,5,8H2,1-2H3,(H,17,18). The molecule has 1 N–H and O–H groups in total. The topological polar surface area (TPSA) is 63.3 Å². The second-order valence-electron chi connectivity index (χ2n) is 4.82. The van der Waals surface area contributed by atoms with E-state index in [0.29, 0.717) is 18.2 Å². The van der Waals surface area contributed by atoms with Crippen LogP contribution in [0.15, 0.2) is 34.9 Å². The molecule has 0 aliphatic rings. The average Bonchev–Trinajstić information content (AvgIpc) is 2.86. The maximum atomic E-state index is 10.7. The van der Waals surface area contributed by atoms with E-state index in [2.05, 4.69) is 43.1 Å². The zero-order valence-electron chi connectivity index (χ0n) is 11.1. The highest BCUT2D eigenvalue weighted by Gasteiger charge is 2.10. The number of hydrogen-bond donors (Lipinski definition) is 1. The quantitative estimate of drug-likeness (QED) is 0.895. The second kappa shape index (κ2) is 5.69. The van der Waals surface area contributed by atoms with E-state index in [1.165, 1.54) is 17.3 Å². The van der Waals surface area contributed by atoms with Crippen LogP contribution in [0.1, 0.15) is 47.3 Å². The van der Waals surface area contributed by atoms with Crippen molar-refractivity contribution in [3.05, 3.63) is 53.2 Å². The number of aryl methyl sites for hydroxylation is 2. The number of carboxylic acid groups (broad SMARTS) is 1. The minimum Gasteiger partial charge on any atom is -0.475 e. The molecule has 0 atom stereocenters. The normalized spacial score (nSPS) is 10.9. The molecule has 0 bridgehead atoms. The monoisotopic (exact) mass is 259 g/mol. The van der Waals surface area contributed by atoms with Crippen LogP contribution in [0.4, 0.5) is 0 Å². The van der Waals surface area contributed by atoms with E-state index >= 15 is 0 Å². The van der Waals surface area contributed by atoms with Crippen LogP contribution < -0.4 is 0 Å². The zero-order valence-corrected chi connectivity index (χ0v) is 11.1. The van der Waals surface area contributed by atoms with Crippen LogP contribution in [0.5, 0.6) is 0 Å². The van der Waals surface area contributed by atoms with Gasteiger partial charge in [0.25, 0.3) is 0 Å². The molecule has 0 amide bonds. The van der Waals surface area contributed by atoms with E-state index in [9.17, 15) is 4.79 Å². The van der Waals surface area contributed by atoms with Crippen molar-refractivity contribution in [3.8, 4) is 0 Å². The molecule has 0 saturated heterocycles. The summed E-state index contributed by atoms with van der Waals surface area (Å²) in [4.78, 5) is 14.6. The summed E-state index contributed by atoms with van der Waals surface area (Å²) in [6.45, 7) is 4.32. The van der Waals surface area contributed by atoms with Crippen molar-refractivity contribution in [3.63, 3.8) is 0 Å². The van der Waals surface area contributed by atoms with E-state index < -0.39 is 5.97 Å². The molecule has 0 unspecified atom stereocenters. The van der Waals surface area contributed by atoms with Gasteiger partial charge < -0.3 is 9.52 Å². The summed E-state index contributed by atoms with van der Waals surface area (Å²) in [5, 5.41) is 8.73. The third-order valence-corrected chi connectivity index (χ3v) is 3.04. The summed E-state index contributed by atoms with van der Waals surface area (Å²) in [5.41, 5.74) is 2.51. The molecule has 0 aliphatic carbocycles. The van der Waals surface area contributed by atoms with Crippen molar-refractivity contribution >= 4 is 5.97 Å². The molecule has 4 nitrogen and oxygen atoms in total. The minimum absolute atomic E-state index is 0.106. The first-order valence-corrected chi connectivity index (χ1v) is 6.33. The van der Waals surface area contributed by atoms with E-state index in [1.807, 2.05) is 0 Å². The van der Waals surface area contributed by atoms with Crippen LogP contribution in [0.3, 0.4) is 0 Å². The van der Waals surface area contributed by atoms with Gasteiger partial charge in [0.15, 0.2) is 5.89 Å². The van der Waals surface area contributed by atoms with Gasteiger partial charge in [0, 0.05) is 6.42 Å². The van der Waals surface area contributed by atoms with Crippen molar-refractivity contribution in [2.75, 3.05) is 0 Å². The van der Waals surface area contributed by atoms with E-state index in [0.717, 1.165) is 6.42 Å². The predicted molar refractivity (Wildman–Crippen MR) is 71.4 cm³/mol. The highest BCUT2D eigenvalue weighted by Crippen LogP contribution is 2.16. The van der Waals surface area contributed by atoms with Gasteiger partial charge in [-0.1, -0.05) is 38.1 Å². The predicted octanol–water partition coefficient (Wildman–Crippen LogP) is 3.28. The van der Waals surface area contributed by atoms with Crippen molar-refractivity contribution in [2.24, 2.45) is 0 Å². The number of aromatic carboxylic acids is 1. The Labute approximate surface area is 112 Å². The second-order valence-corrected chi connectivity index (χ2v) is 4.82. The highest BCUT2D eigenvalue weighted by molar-refractivity contribution is 5.83. The van der Waals surface area contributed by atoms with Crippen LogP contribution in [-0.4, -0.2) is 16.1 Å². The molecule has 0 radical (unpaired) electrons. The Kier molecular flexibility index (Phi) is 4.00. The fourth-order valence-electron chi connectivity index (χ4n) is 1.85. The fraction of sp³-hybridized carbons (Fsp3) is 0.333. The van der Waals surface area contributed by atoms with Crippen LogP contribution in [0, 0.1) is 0 Å². The molecule has 1 heterocycles. The number of carboxylic acids is 1. The van der Waals surface area contributed by atoms with Gasteiger partial charge in [0.05, 0.1) is 6.20 Å². The summed E-state index contributed by atoms with van der Waals surface area (Å²) in [7, 11) is 0. The molecule has 0 saturated carbocycles. The molecule has 0 spiro atoms. The molecular weight excluding hydrogens is 242 g/mol. The lowest BCUT2D eigenvalue weighted by molar-refractivity contribution is 0.0660.